The lowest BCUT2D eigenvalue weighted by Gasteiger charge is -2.26. The largest absolute Gasteiger partial charge is 0.465 e. The van der Waals surface area contributed by atoms with Crippen molar-refractivity contribution < 1.29 is 4.42 Å². The van der Waals surface area contributed by atoms with Crippen molar-refractivity contribution in [1.82, 2.24) is 15.2 Å². The first kappa shape index (κ1) is 17.6. The maximum absolute atomic E-state index is 5.92. The Morgan fingerprint density at radius 3 is 2.62 bits per heavy atom. The molecule has 1 N–H and O–H groups in total. The van der Waals surface area contributed by atoms with E-state index in [-0.39, 0.29) is 5.41 Å². The molecular weight excluding hydrogens is 318 g/mol. The molecule has 1 aliphatic rings. The molecule has 1 aliphatic heterocycles. The van der Waals surface area contributed by atoms with E-state index in [4.69, 9.17) is 4.42 Å². The van der Waals surface area contributed by atoms with Gasteiger partial charge in [0.15, 0.2) is 0 Å². The quantitative estimate of drug-likeness (QED) is 0.847. The summed E-state index contributed by atoms with van der Waals surface area (Å²) in [5.41, 5.74) is 0.132. The fraction of sp³-hybridized carbons (Fsp3) is 0.632. The molecule has 1 atom stereocenters. The predicted octanol–water partition coefficient (Wildman–Crippen LogP) is 4.27. The zero-order valence-electron chi connectivity index (χ0n) is 15.3. The fourth-order valence-corrected chi connectivity index (χ4v) is 4.10. The summed E-state index contributed by atoms with van der Waals surface area (Å²) in [5.74, 6) is 2.08. The van der Waals surface area contributed by atoms with Crippen LogP contribution in [0.2, 0.25) is 0 Å². The van der Waals surface area contributed by atoms with Crippen molar-refractivity contribution in [2.75, 3.05) is 19.6 Å². The second-order valence-electron chi connectivity index (χ2n) is 7.72. The average molecular weight is 348 g/mol. The van der Waals surface area contributed by atoms with Gasteiger partial charge in [-0.15, -0.1) is 11.3 Å². The van der Waals surface area contributed by atoms with Gasteiger partial charge >= 0.3 is 0 Å². The maximum Gasteiger partial charge on any atom is 0.122 e. The summed E-state index contributed by atoms with van der Waals surface area (Å²) in [6.45, 7) is 12.8. The van der Waals surface area contributed by atoms with Gasteiger partial charge < -0.3 is 9.73 Å². The molecule has 0 amide bonds. The third kappa shape index (κ3) is 4.26. The SMILES string of the molecule is Cc1ccc(C(CNCc2cnc(C(C)(C)C)s2)N2CCCC2)o1. The Kier molecular flexibility index (Phi) is 5.42. The molecule has 0 saturated carbocycles. The Morgan fingerprint density at radius 2 is 2.04 bits per heavy atom. The number of hydrogen-bond acceptors (Lipinski definition) is 5. The summed E-state index contributed by atoms with van der Waals surface area (Å²) in [7, 11) is 0. The summed E-state index contributed by atoms with van der Waals surface area (Å²) < 4.78 is 5.92. The van der Waals surface area contributed by atoms with Gasteiger partial charge in [0.05, 0.1) is 11.0 Å². The molecule has 5 heteroatoms. The number of aryl methyl sites for hydroxylation is 1. The van der Waals surface area contributed by atoms with Crippen LogP contribution in [0, 0.1) is 6.92 Å². The first-order valence-electron chi connectivity index (χ1n) is 8.90. The van der Waals surface area contributed by atoms with E-state index in [1.807, 2.05) is 24.5 Å². The lowest BCUT2D eigenvalue weighted by atomic mass is 9.98. The van der Waals surface area contributed by atoms with Gasteiger partial charge in [-0.25, -0.2) is 4.98 Å². The lowest BCUT2D eigenvalue weighted by Crippen LogP contribution is -2.33. The Labute approximate surface area is 149 Å². The van der Waals surface area contributed by atoms with Crippen LogP contribution in [0.4, 0.5) is 0 Å². The van der Waals surface area contributed by atoms with E-state index in [1.54, 1.807) is 0 Å². The van der Waals surface area contributed by atoms with Crippen LogP contribution in [-0.2, 0) is 12.0 Å². The van der Waals surface area contributed by atoms with Crippen LogP contribution < -0.4 is 5.32 Å². The number of hydrogen-bond donors (Lipinski definition) is 1. The van der Waals surface area contributed by atoms with Crippen LogP contribution in [-0.4, -0.2) is 29.5 Å². The van der Waals surface area contributed by atoms with Crippen LogP contribution in [0.25, 0.3) is 0 Å². The van der Waals surface area contributed by atoms with E-state index in [2.05, 4.69) is 48.1 Å². The van der Waals surface area contributed by atoms with Gasteiger partial charge in [0.1, 0.15) is 11.5 Å². The molecule has 3 heterocycles. The van der Waals surface area contributed by atoms with E-state index in [9.17, 15) is 0 Å². The molecule has 0 radical (unpaired) electrons. The standard InChI is InChI=1S/C19H29N3OS/c1-14-7-8-17(23-14)16(22-9-5-6-10-22)13-20-11-15-12-21-18(24-15)19(2,3)4/h7-8,12,16,20H,5-6,9-11,13H2,1-4H3. The Morgan fingerprint density at radius 1 is 1.29 bits per heavy atom. The highest BCUT2D eigenvalue weighted by atomic mass is 32.1. The summed E-state index contributed by atoms with van der Waals surface area (Å²) in [6.07, 6.45) is 4.60. The van der Waals surface area contributed by atoms with E-state index in [0.29, 0.717) is 6.04 Å². The van der Waals surface area contributed by atoms with Gasteiger partial charge in [0, 0.05) is 29.6 Å². The lowest BCUT2D eigenvalue weighted by molar-refractivity contribution is 0.207. The second kappa shape index (κ2) is 7.38. The highest BCUT2D eigenvalue weighted by Crippen LogP contribution is 2.28. The van der Waals surface area contributed by atoms with Crippen molar-refractivity contribution in [3.05, 3.63) is 39.7 Å². The van der Waals surface area contributed by atoms with Gasteiger partial charge in [-0.1, -0.05) is 20.8 Å². The van der Waals surface area contributed by atoms with Gasteiger partial charge in [-0.3, -0.25) is 4.90 Å². The number of furan rings is 1. The maximum atomic E-state index is 5.92. The smallest absolute Gasteiger partial charge is 0.122 e. The molecule has 24 heavy (non-hydrogen) atoms. The van der Waals surface area contributed by atoms with Gasteiger partial charge in [0.25, 0.3) is 0 Å². The number of nitrogens with zero attached hydrogens (tertiary/aromatic N) is 2. The average Bonchev–Trinajstić information content (AvgIpc) is 3.24. The van der Waals surface area contributed by atoms with Crippen molar-refractivity contribution in [1.29, 1.82) is 0 Å². The third-order valence-electron chi connectivity index (χ3n) is 4.50. The molecule has 2 aromatic rings. The van der Waals surface area contributed by atoms with Crippen LogP contribution >= 0.6 is 11.3 Å². The Balaban J connectivity index is 1.60. The first-order chi connectivity index (χ1) is 11.4. The fourth-order valence-electron chi connectivity index (χ4n) is 3.16. The topological polar surface area (TPSA) is 41.3 Å². The molecule has 1 saturated heterocycles. The van der Waals surface area contributed by atoms with Crippen molar-refractivity contribution in [3.8, 4) is 0 Å². The van der Waals surface area contributed by atoms with Gasteiger partial charge in [-0.05, 0) is 45.0 Å². The molecular formula is C19H29N3OS. The van der Waals surface area contributed by atoms with Crippen LogP contribution in [0.15, 0.2) is 22.7 Å². The van der Waals surface area contributed by atoms with Gasteiger partial charge in [-0.2, -0.15) is 0 Å². The predicted molar refractivity (Wildman–Crippen MR) is 99.5 cm³/mol. The molecule has 3 rings (SSSR count). The van der Waals surface area contributed by atoms with Gasteiger partial charge in [0.2, 0.25) is 0 Å². The van der Waals surface area contributed by atoms with Crippen molar-refractivity contribution in [2.45, 2.75) is 58.5 Å². The van der Waals surface area contributed by atoms with Crippen LogP contribution in [0.3, 0.4) is 0 Å². The Hall–Kier alpha value is -1.17. The minimum atomic E-state index is 0.132. The molecule has 1 fully saturated rings. The molecule has 4 nitrogen and oxygen atoms in total. The molecule has 132 valence electrons. The van der Waals surface area contributed by atoms with E-state index in [0.717, 1.165) is 24.6 Å². The normalized spacial score (nSPS) is 17.5. The summed E-state index contributed by atoms with van der Waals surface area (Å²) in [6, 6.07) is 4.53. The van der Waals surface area contributed by atoms with E-state index in [1.165, 1.54) is 35.8 Å². The number of nitrogens with one attached hydrogen (secondary N) is 1. The van der Waals surface area contributed by atoms with Crippen molar-refractivity contribution in [2.24, 2.45) is 0 Å². The molecule has 0 aliphatic carbocycles. The van der Waals surface area contributed by atoms with Crippen LogP contribution in [0.5, 0.6) is 0 Å². The number of rotatable bonds is 6. The number of aromatic nitrogens is 1. The molecule has 0 spiro atoms. The summed E-state index contributed by atoms with van der Waals surface area (Å²) >= 11 is 1.81. The monoisotopic (exact) mass is 347 g/mol. The van der Waals surface area contributed by atoms with E-state index >= 15 is 0 Å². The molecule has 1 unspecified atom stereocenters. The minimum absolute atomic E-state index is 0.132. The highest BCUT2D eigenvalue weighted by Gasteiger charge is 2.25. The molecule has 2 aromatic heterocycles. The first-order valence-corrected chi connectivity index (χ1v) is 9.71. The number of likely N-dealkylation sites (tertiary alicyclic amines) is 1. The number of thiazole rings is 1. The van der Waals surface area contributed by atoms with E-state index < -0.39 is 0 Å². The summed E-state index contributed by atoms with van der Waals surface area (Å²) in [4.78, 5) is 8.42. The second-order valence-corrected chi connectivity index (χ2v) is 8.84. The third-order valence-corrected chi connectivity index (χ3v) is 5.93. The summed E-state index contributed by atoms with van der Waals surface area (Å²) in [5, 5.41) is 4.83. The highest BCUT2D eigenvalue weighted by molar-refractivity contribution is 7.11. The zero-order valence-corrected chi connectivity index (χ0v) is 16.1. The molecule has 0 aromatic carbocycles. The van der Waals surface area contributed by atoms with Crippen molar-refractivity contribution >= 4 is 11.3 Å². The minimum Gasteiger partial charge on any atom is -0.465 e. The zero-order chi connectivity index (χ0) is 17.2. The van der Waals surface area contributed by atoms with Crippen LogP contribution in [0.1, 0.15) is 61.1 Å². The Bertz CT molecular complexity index is 650. The van der Waals surface area contributed by atoms with Crippen molar-refractivity contribution in [3.63, 3.8) is 0 Å². The molecule has 0 bridgehead atoms.